The van der Waals surface area contributed by atoms with Crippen molar-refractivity contribution < 1.29 is 23.0 Å². The molecule has 3 N–H and O–H groups in total. The monoisotopic (exact) mass is 380 g/mol. The van der Waals surface area contributed by atoms with Crippen LogP contribution in [-0.2, 0) is 0 Å². The number of aromatic amines is 1. The summed E-state index contributed by atoms with van der Waals surface area (Å²) in [6.45, 7) is 0. The predicted molar refractivity (Wildman–Crippen MR) is 93.8 cm³/mol. The lowest BCUT2D eigenvalue weighted by atomic mass is 10.2. The summed E-state index contributed by atoms with van der Waals surface area (Å²) in [5.74, 6) is -0.647. The van der Waals surface area contributed by atoms with Gasteiger partial charge in [-0.2, -0.15) is 0 Å². The third-order valence-electron chi connectivity index (χ3n) is 3.25. The highest BCUT2D eigenvalue weighted by Crippen LogP contribution is 2.35. The number of aromatic nitrogens is 1. The van der Waals surface area contributed by atoms with E-state index in [1.807, 2.05) is 0 Å². The minimum atomic E-state index is -4.84. The molecular formula is C16H11F3N4O2S. The molecule has 3 rings (SSSR count). The summed E-state index contributed by atoms with van der Waals surface area (Å²) in [5.41, 5.74) is 0.809. The number of rotatable bonds is 3. The van der Waals surface area contributed by atoms with Gasteiger partial charge in [0.1, 0.15) is 0 Å². The highest BCUT2D eigenvalue weighted by molar-refractivity contribution is 7.80. The van der Waals surface area contributed by atoms with Crippen LogP contribution in [0.5, 0.6) is 11.6 Å². The highest BCUT2D eigenvalue weighted by atomic mass is 32.1. The number of thiocarbonyl (C=S) groups is 1. The average Bonchev–Trinajstić information content (AvgIpc) is 2.89. The number of hydrogen-bond acceptors (Lipinski definition) is 4. The standard InChI is InChI=1S/C16H11F3N4O2S/c17-16(18,19)25-12-8-4-3-7-11(12)21-15(26)23-22-13-9-5-1-2-6-10(9)20-14(13)24/h1-8,20,24H,(H,21,26). The second-order valence-corrected chi connectivity index (χ2v) is 5.43. The molecule has 0 aliphatic rings. The maximum Gasteiger partial charge on any atom is 0.573 e. The SMILES string of the molecule is Oc1[nH]c2ccccc2c1N=NC(=S)Nc1ccccc1OC(F)(F)F. The van der Waals surface area contributed by atoms with Crippen molar-refractivity contribution in [1.29, 1.82) is 0 Å². The molecule has 2 aromatic carbocycles. The van der Waals surface area contributed by atoms with E-state index in [9.17, 15) is 18.3 Å². The maximum atomic E-state index is 12.4. The molecular weight excluding hydrogens is 369 g/mol. The van der Waals surface area contributed by atoms with E-state index < -0.39 is 12.1 Å². The highest BCUT2D eigenvalue weighted by Gasteiger charge is 2.32. The van der Waals surface area contributed by atoms with Crippen LogP contribution in [0.25, 0.3) is 10.9 Å². The topological polar surface area (TPSA) is 82.0 Å². The number of H-pyrrole nitrogens is 1. The van der Waals surface area contributed by atoms with Crippen molar-refractivity contribution >= 4 is 39.6 Å². The number of ether oxygens (including phenoxy) is 1. The van der Waals surface area contributed by atoms with Gasteiger partial charge >= 0.3 is 6.36 Å². The van der Waals surface area contributed by atoms with E-state index in [2.05, 4.69) is 25.3 Å². The van der Waals surface area contributed by atoms with Crippen LogP contribution in [0.15, 0.2) is 58.8 Å². The molecule has 0 aliphatic carbocycles. The molecule has 0 saturated carbocycles. The summed E-state index contributed by atoms with van der Waals surface area (Å²) in [4.78, 5) is 2.73. The van der Waals surface area contributed by atoms with Gasteiger partial charge in [0.15, 0.2) is 11.4 Å². The van der Waals surface area contributed by atoms with Crippen molar-refractivity contribution in [1.82, 2.24) is 4.98 Å². The summed E-state index contributed by atoms with van der Waals surface area (Å²) in [6, 6.07) is 12.4. The Bertz CT molecular complexity index is 985. The third kappa shape index (κ3) is 4.09. The van der Waals surface area contributed by atoms with Crippen LogP contribution >= 0.6 is 12.2 Å². The summed E-state index contributed by atoms with van der Waals surface area (Å²) in [7, 11) is 0. The Morgan fingerprint density at radius 2 is 1.81 bits per heavy atom. The quantitative estimate of drug-likeness (QED) is 0.428. The molecule has 0 fully saturated rings. The maximum absolute atomic E-state index is 12.4. The molecule has 0 spiro atoms. The molecule has 3 aromatic rings. The lowest BCUT2D eigenvalue weighted by Crippen LogP contribution is -2.18. The summed E-state index contributed by atoms with van der Waals surface area (Å²) < 4.78 is 41.2. The first-order valence-electron chi connectivity index (χ1n) is 7.20. The van der Waals surface area contributed by atoms with E-state index in [0.717, 1.165) is 6.07 Å². The van der Waals surface area contributed by atoms with Gasteiger partial charge in [-0.15, -0.1) is 23.4 Å². The normalized spacial score (nSPS) is 11.8. The van der Waals surface area contributed by atoms with Crippen LogP contribution in [0, 0.1) is 0 Å². The van der Waals surface area contributed by atoms with Gasteiger partial charge in [0.05, 0.1) is 11.2 Å². The van der Waals surface area contributed by atoms with Crippen molar-refractivity contribution in [2.24, 2.45) is 10.2 Å². The van der Waals surface area contributed by atoms with Gasteiger partial charge in [-0.3, -0.25) is 0 Å². The van der Waals surface area contributed by atoms with Crippen molar-refractivity contribution in [3.05, 3.63) is 48.5 Å². The Kier molecular flexibility index (Phi) is 4.76. The Morgan fingerprint density at radius 1 is 1.12 bits per heavy atom. The van der Waals surface area contributed by atoms with Gasteiger partial charge in [-0.05, 0) is 30.4 Å². The van der Waals surface area contributed by atoms with E-state index in [1.165, 1.54) is 18.2 Å². The first-order chi connectivity index (χ1) is 12.3. The van der Waals surface area contributed by atoms with E-state index in [1.54, 1.807) is 24.3 Å². The average molecular weight is 380 g/mol. The molecule has 0 unspecified atom stereocenters. The number of halogens is 3. The lowest BCUT2D eigenvalue weighted by molar-refractivity contribution is -0.274. The Balaban J connectivity index is 1.79. The van der Waals surface area contributed by atoms with Gasteiger partial charge in [0.2, 0.25) is 11.0 Å². The number of anilines is 1. The Hall–Kier alpha value is -3.14. The third-order valence-corrected chi connectivity index (χ3v) is 3.44. The molecule has 0 amide bonds. The van der Waals surface area contributed by atoms with Crippen molar-refractivity contribution in [3.63, 3.8) is 0 Å². The van der Waals surface area contributed by atoms with Gasteiger partial charge < -0.3 is 20.1 Å². The number of benzene rings is 2. The van der Waals surface area contributed by atoms with Crippen LogP contribution in [0.2, 0.25) is 0 Å². The molecule has 1 heterocycles. The molecule has 0 saturated heterocycles. The second-order valence-electron chi connectivity index (χ2n) is 5.04. The van der Waals surface area contributed by atoms with Crippen LogP contribution in [0.3, 0.4) is 0 Å². The van der Waals surface area contributed by atoms with E-state index >= 15 is 0 Å². The number of nitrogens with zero attached hydrogens (tertiary/aromatic N) is 2. The zero-order chi connectivity index (χ0) is 18.7. The van der Waals surface area contributed by atoms with Crippen LogP contribution in [-0.4, -0.2) is 21.6 Å². The minimum absolute atomic E-state index is 0.0167. The number of nitrogens with one attached hydrogen (secondary N) is 2. The van der Waals surface area contributed by atoms with Crippen molar-refractivity contribution in [2.45, 2.75) is 6.36 Å². The molecule has 26 heavy (non-hydrogen) atoms. The zero-order valence-electron chi connectivity index (χ0n) is 12.9. The predicted octanol–water partition coefficient (Wildman–Crippen LogP) is 5.25. The number of hydrogen-bond donors (Lipinski definition) is 3. The van der Waals surface area contributed by atoms with Crippen molar-refractivity contribution in [3.8, 4) is 11.6 Å². The van der Waals surface area contributed by atoms with E-state index in [-0.39, 0.29) is 22.4 Å². The van der Waals surface area contributed by atoms with Gasteiger partial charge in [0.25, 0.3) is 0 Å². The Morgan fingerprint density at radius 3 is 2.58 bits per heavy atom. The molecule has 6 nitrogen and oxygen atoms in total. The van der Waals surface area contributed by atoms with E-state index in [4.69, 9.17) is 12.2 Å². The largest absolute Gasteiger partial charge is 0.573 e. The number of fused-ring (bicyclic) bond motifs is 1. The Labute approximate surface area is 150 Å². The molecule has 0 bridgehead atoms. The van der Waals surface area contributed by atoms with Crippen molar-refractivity contribution in [2.75, 3.05) is 5.32 Å². The molecule has 134 valence electrons. The smallest absolute Gasteiger partial charge is 0.493 e. The van der Waals surface area contributed by atoms with E-state index in [0.29, 0.717) is 10.9 Å². The molecule has 0 radical (unpaired) electrons. The van der Waals surface area contributed by atoms with Gasteiger partial charge in [-0.1, -0.05) is 30.3 Å². The van der Waals surface area contributed by atoms with Gasteiger partial charge in [-0.25, -0.2) is 0 Å². The van der Waals surface area contributed by atoms with Gasteiger partial charge in [0, 0.05) is 5.39 Å². The first-order valence-corrected chi connectivity index (χ1v) is 7.61. The molecule has 0 atom stereocenters. The zero-order valence-corrected chi connectivity index (χ0v) is 13.7. The molecule has 1 aromatic heterocycles. The first kappa shape index (κ1) is 17.7. The lowest BCUT2D eigenvalue weighted by Gasteiger charge is -2.13. The fraction of sp³-hybridized carbons (Fsp3) is 0.0625. The van der Waals surface area contributed by atoms with Crippen LogP contribution < -0.4 is 10.1 Å². The second kappa shape index (κ2) is 7.00. The fourth-order valence-corrected chi connectivity index (χ4v) is 2.38. The number of azo groups is 1. The molecule has 0 aliphatic heterocycles. The summed E-state index contributed by atoms with van der Waals surface area (Å²) in [6.07, 6.45) is -4.84. The number of aromatic hydroxyl groups is 1. The minimum Gasteiger partial charge on any atom is -0.493 e. The number of para-hydroxylation sites is 3. The van der Waals surface area contributed by atoms with Crippen LogP contribution in [0.1, 0.15) is 0 Å². The fourth-order valence-electron chi connectivity index (χ4n) is 2.23. The summed E-state index contributed by atoms with van der Waals surface area (Å²) >= 11 is 4.98. The summed E-state index contributed by atoms with van der Waals surface area (Å²) in [5, 5.41) is 20.4. The molecule has 10 heteroatoms. The van der Waals surface area contributed by atoms with Crippen LogP contribution in [0.4, 0.5) is 24.5 Å². The number of alkyl halides is 3.